The second kappa shape index (κ2) is 6.08. The largest absolute Gasteiger partial charge is 0.220 e. The topological polar surface area (TPSA) is 25.8 Å². The zero-order valence-corrected chi connectivity index (χ0v) is 12.9. The minimum atomic E-state index is 0.231. The van der Waals surface area contributed by atoms with Gasteiger partial charge in [-0.3, -0.25) is 0 Å². The maximum absolute atomic E-state index is 6.24. The van der Waals surface area contributed by atoms with Gasteiger partial charge in [0, 0.05) is 10.9 Å². The molecule has 2 aromatic rings. The minimum Gasteiger partial charge on any atom is -0.220 e. The summed E-state index contributed by atoms with van der Waals surface area (Å²) in [5.41, 5.74) is 1.50. The summed E-state index contributed by atoms with van der Waals surface area (Å²) in [7, 11) is 0. The number of rotatable bonds is 3. The molecule has 0 N–H and O–H groups in total. The summed E-state index contributed by atoms with van der Waals surface area (Å²) < 4.78 is 0. The van der Waals surface area contributed by atoms with Crippen LogP contribution in [0.3, 0.4) is 0 Å². The maximum atomic E-state index is 6.24. The predicted molar refractivity (Wildman–Crippen MR) is 81.2 cm³/mol. The fraction of sp³-hybridized carbons (Fsp3) is 0.286. The third kappa shape index (κ3) is 3.19. The van der Waals surface area contributed by atoms with Crippen LogP contribution in [0.4, 0.5) is 0 Å². The Labute approximate surface area is 127 Å². The zero-order chi connectivity index (χ0) is 14.0. The average molecular weight is 316 g/mol. The van der Waals surface area contributed by atoms with E-state index in [0.29, 0.717) is 26.7 Å². The van der Waals surface area contributed by atoms with E-state index < -0.39 is 0 Å². The van der Waals surface area contributed by atoms with E-state index in [9.17, 15) is 0 Å². The molecule has 100 valence electrons. The Balaban J connectivity index is 2.50. The van der Waals surface area contributed by atoms with E-state index in [0.717, 1.165) is 12.0 Å². The highest BCUT2D eigenvalue weighted by Gasteiger charge is 2.16. The van der Waals surface area contributed by atoms with Crippen molar-refractivity contribution in [3.05, 3.63) is 45.4 Å². The fourth-order valence-electron chi connectivity index (χ4n) is 1.68. The van der Waals surface area contributed by atoms with Crippen LogP contribution < -0.4 is 0 Å². The fourth-order valence-corrected chi connectivity index (χ4v) is 2.43. The lowest BCUT2D eigenvalue weighted by Crippen LogP contribution is -2.02. The molecule has 1 atom stereocenters. The molecular weight excluding hydrogens is 303 g/mol. The van der Waals surface area contributed by atoms with Crippen molar-refractivity contribution >= 4 is 34.8 Å². The number of hydrogen-bond acceptors (Lipinski definition) is 2. The van der Waals surface area contributed by atoms with Gasteiger partial charge in [0.05, 0.1) is 5.56 Å². The SMILES string of the molecule is CCC(C)c1nc(Cl)c(-c2ccc(Cl)cc2)c(Cl)n1. The molecule has 0 aliphatic carbocycles. The van der Waals surface area contributed by atoms with Crippen LogP contribution in [0.2, 0.25) is 15.3 Å². The molecular formula is C14H13Cl3N2. The molecule has 0 fully saturated rings. The van der Waals surface area contributed by atoms with E-state index in [1.165, 1.54) is 0 Å². The molecule has 0 amide bonds. The normalized spacial score (nSPS) is 12.5. The van der Waals surface area contributed by atoms with E-state index in [4.69, 9.17) is 34.8 Å². The molecule has 0 saturated heterocycles. The van der Waals surface area contributed by atoms with Gasteiger partial charge in [-0.15, -0.1) is 0 Å². The lowest BCUT2D eigenvalue weighted by molar-refractivity contribution is 0.679. The molecule has 1 unspecified atom stereocenters. The van der Waals surface area contributed by atoms with Gasteiger partial charge in [-0.2, -0.15) is 0 Å². The zero-order valence-electron chi connectivity index (χ0n) is 10.6. The standard InChI is InChI=1S/C14H13Cl3N2/c1-3-8(2)14-18-12(16)11(13(17)19-14)9-4-6-10(15)7-5-9/h4-8H,3H2,1-2H3. The Morgan fingerprint density at radius 3 is 2.00 bits per heavy atom. The van der Waals surface area contributed by atoms with Gasteiger partial charge in [0.2, 0.25) is 0 Å². The maximum Gasteiger partial charge on any atom is 0.142 e. The molecule has 5 heteroatoms. The summed E-state index contributed by atoms with van der Waals surface area (Å²) in [6.45, 7) is 4.12. The van der Waals surface area contributed by atoms with Gasteiger partial charge in [0.25, 0.3) is 0 Å². The van der Waals surface area contributed by atoms with Crippen LogP contribution in [0.15, 0.2) is 24.3 Å². The van der Waals surface area contributed by atoms with Gasteiger partial charge in [0.15, 0.2) is 0 Å². The number of halogens is 3. The molecule has 0 aliphatic rings. The predicted octanol–water partition coefficient (Wildman–Crippen LogP) is 5.62. The number of benzene rings is 1. The average Bonchev–Trinajstić information content (AvgIpc) is 2.39. The van der Waals surface area contributed by atoms with Crippen LogP contribution in [0.5, 0.6) is 0 Å². The molecule has 1 aromatic carbocycles. The monoisotopic (exact) mass is 314 g/mol. The van der Waals surface area contributed by atoms with Crippen molar-refractivity contribution in [2.24, 2.45) is 0 Å². The molecule has 2 rings (SSSR count). The molecule has 19 heavy (non-hydrogen) atoms. The van der Waals surface area contributed by atoms with E-state index in [1.807, 2.05) is 19.1 Å². The molecule has 2 nitrogen and oxygen atoms in total. The minimum absolute atomic E-state index is 0.231. The lowest BCUT2D eigenvalue weighted by atomic mass is 10.1. The van der Waals surface area contributed by atoms with Crippen LogP contribution in [-0.4, -0.2) is 9.97 Å². The van der Waals surface area contributed by atoms with Gasteiger partial charge in [-0.05, 0) is 24.1 Å². The summed E-state index contributed by atoms with van der Waals surface area (Å²) in [5, 5.41) is 1.41. The molecule has 0 bridgehead atoms. The Morgan fingerprint density at radius 1 is 1.00 bits per heavy atom. The Morgan fingerprint density at radius 2 is 1.53 bits per heavy atom. The van der Waals surface area contributed by atoms with E-state index in [1.54, 1.807) is 12.1 Å². The van der Waals surface area contributed by atoms with Crippen LogP contribution >= 0.6 is 34.8 Å². The Bertz CT molecular complexity index is 559. The highest BCUT2D eigenvalue weighted by molar-refractivity contribution is 6.37. The Kier molecular flexibility index (Phi) is 4.67. The summed E-state index contributed by atoms with van der Waals surface area (Å²) >= 11 is 18.4. The number of hydrogen-bond donors (Lipinski definition) is 0. The summed E-state index contributed by atoms with van der Waals surface area (Å²) in [4.78, 5) is 8.68. The smallest absolute Gasteiger partial charge is 0.142 e. The van der Waals surface area contributed by atoms with Gasteiger partial charge < -0.3 is 0 Å². The highest BCUT2D eigenvalue weighted by atomic mass is 35.5. The molecule has 1 aromatic heterocycles. The highest BCUT2D eigenvalue weighted by Crippen LogP contribution is 2.34. The van der Waals surface area contributed by atoms with Crippen molar-refractivity contribution in [1.29, 1.82) is 0 Å². The van der Waals surface area contributed by atoms with Crippen molar-refractivity contribution in [2.45, 2.75) is 26.2 Å². The third-order valence-corrected chi connectivity index (χ3v) is 3.82. The Hall–Kier alpha value is -0.830. The lowest BCUT2D eigenvalue weighted by Gasteiger charge is -2.11. The van der Waals surface area contributed by atoms with Crippen molar-refractivity contribution in [2.75, 3.05) is 0 Å². The summed E-state index contributed by atoms with van der Waals surface area (Å²) in [6.07, 6.45) is 0.937. The first kappa shape index (κ1) is 14.6. The van der Waals surface area contributed by atoms with E-state index in [-0.39, 0.29) is 5.92 Å². The van der Waals surface area contributed by atoms with Gasteiger partial charge in [-0.1, -0.05) is 60.8 Å². The van der Waals surface area contributed by atoms with Crippen molar-refractivity contribution in [1.82, 2.24) is 9.97 Å². The third-order valence-electron chi connectivity index (χ3n) is 3.02. The van der Waals surface area contributed by atoms with Crippen LogP contribution in [-0.2, 0) is 0 Å². The van der Waals surface area contributed by atoms with Crippen LogP contribution in [0.25, 0.3) is 11.1 Å². The molecule has 0 aliphatic heterocycles. The summed E-state index contributed by atoms with van der Waals surface area (Å²) in [6, 6.07) is 7.27. The van der Waals surface area contributed by atoms with Crippen molar-refractivity contribution in [3.63, 3.8) is 0 Å². The van der Waals surface area contributed by atoms with Gasteiger partial charge in [-0.25, -0.2) is 9.97 Å². The first-order valence-corrected chi connectivity index (χ1v) is 7.15. The quantitative estimate of drug-likeness (QED) is 0.687. The molecule has 0 spiro atoms. The second-order valence-corrected chi connectivity index (χ2v) is 5.51. The van der Waals surface area contributed by atoms with Crippen molar-refractivity contribution < 1.29 is 0 Å². The molecule has 0 radical (unpaired) electrons. The van der Waals surface area contributed by atoms with Crippen LogP contribution in [0.1, 0.15) is 32.0 Å². The summed E-state index contributed by atoms with van der Waals surface area (Å²) in [5.74, 6) is 0.907. The van der Waals surface area contributed by atoms with Gasteiger partial charge >= 0.3 is 0 Å². The van der Waals surface area contributed by atoms with Gasteiger partial charge in [0.1, 0.15) is 16.1 Å². The number of nitrogens with zero attached hydrogens (tertiary/aromatic N) is 2. The van der Waals surface area contributed by atoms with Crippen molar-refractivity contribution in [3.8, 4) is 11.1 Å². The number of aromatic nitrogens is 2. The first-order chi connectivity index (χ1) is 9.02. The molecule has 0 saturated carbocycles. The van der Waals surface area contributed by atoms with Crippen LogP contribution in [0, 0.1) is 0 Å². The van der Waals surface area contributed by atoms with E-state index in [2.05, 4.69) is 16.9 Å². The molecule has 1 heterocycles. The van der Waals surface area contributed by atoms with E-state index >= 15 is 0 Å². The first-order valence-electron chi connectivity index (χ1n) is 6.01. The second-order valence-electron chi connectivity index (χ2n) is 4.35.